The summed E-state index contributed by atoms with van der Waals surface area (Å²) in [5.41, 5.74) is 3.58. The van der Waals surface area contributed by atoms with Crippen molar-refractivity contribution in [2.45, 2.75) is 13.1 Å². The van der Waals surface area contributed by atoms with Crippen LogP contribution in [0.1, 0.15) is 21.6 Å². The Morgan fingerprint density at radius 1 is 0.971 bits per heavy atom. The van der Waals surface area contributed by atoms with Crippen molar-refractivity contribution in [3.63, 3.8) is 0 Å². The minimum Gasteiger partial charge on any atom is -0.336 e. The zero-order valence-corrected chi connectivity index (χ0v) is 19.9. The van der Waals surface area contributed by atoms with Gasteiger partial charge in [0.2, 0.25) is 0 Å². The Morgan fingerprint density at radius 3 is 2.49 bits per heavy atom. The van der Waals surface area contributed by atoms with Gasteiger partial charge in [0, 0.05) is 41.3 Å². The summed E-state index contributed by atoms with van der Waals surface area (Å²) in [6, 6.07) is 26.5. The Hall–Kier alpha value is -4.16. The van der Waals surface area contributed by atoms with Gasteiger partial charge in [-0.15, -0.1) is 0 Å². The number of benzene rings is 3. The topological polar surface area (TPSA) is 71.0 Å². The smallest absolute Gasteiger partial charge is 0.270 e. The molecule has 0 aliphatic heterocycles. The Balaban J connectivity index is 1.46. The van der Waals surface area contributed by atoms with Gasteiger partial charge in [-0.25, -0.2) is 0 Å². The van der Waals surface area contributed by atoms with Gasteiger partial charge in [0.25, 0.3) is 11.5 Å². The van der Waals surface area contributed by atoms with Crippen LogP contribution in [0.4, 0.5) is 0 Å². The van der Waals surface area contributed by atoms with Gasteiger partial charge in [-0.3, -0.25) is 14.3 Å². The maximum atomic E-state index is 13.2. The molecule has 35 heavy (non-hydrogen) atoms. The summed E-state index contributed by atoms with van der Waals surface area (Å²) in [6.45, 7) is 0.829. The van der Waals surface area contributed by atoms with Crippen LogP contribution < -0.4 is 5.56 Å². The molecule has 5 aromatic rings. The van der Waals surface area contributed by atoms with Crippen molar-refractivity contribution in [2.24, 2.45) is 0 Å². The van der Waals surface area contributed by atoms with Crippen molar-refractivity contribution in [2.75, 3.05) is 7.05 Å². The zero-order valence-electron chi connectivity index (χ0n) is 19.1. The predicted molar refractivity (Wildman–Crippen MR) is 139 cm³/mol. The van der Waals surface area contributed by atoms with Crippen LogP contribution in [-0.2, 0) is 13.1 Å². The molecular formula is C28H23ClN4O2. The first-order chi connectivity index (χ1) is 17.0. The van der Waals surface area contributed by atoms with Gasteiger partial charge in [-0.1, -0.05) is 78.3 Å². The molecule has 2 aromatic heterocycles. The van der Waals surface area contributed by atoms with Crippen molar-refractivity contribution < 1.29 is 4.79 Å². The van der Waals surface area contributed by atoms with E-state index in [4.69, 9.17) is 16.7 Å². The van der Waals surface area contributed by atoms with Gasteiger partial charge in [-0.05, 0) is 29.1 Å². The van der Waals surface area contributed by atoms with Crippen LogP contribution in [0.2, 0.25) is 5.02 Å². The third-order valence-electron chi connectivity index (χ3n) is 5.91. The Morgan fingerprint density at radius 2 is 1.69 bits per heavy atom. The lowest BCUT2D eigenvalue weighted by atomic mass is 10.1. The number of hydrogen-bond donors (Lipinski definition) is 1. The van der Waals surface area contributed by atoms with E-state index in [1.165, 1.54) is 0 Å². The first-order valence-electron chi connectivity index (χ1n) is 11.2. The summed E-state index contributed by atoms with van der Waals surface area (Å²) in [6.07, 6.45) is 1.94. The fourth-order valence-electron chi connectivity index (χ4n) is 4.16. The van der Waals surface area contributed by atoms with Crippen molar-refractivity contribution in [1.82, 2.24) is 19.7 Å². The highest BCUT2D eigenvalue weighted by Gasteiger charge is 2.19. The Bertz CT molecular complexity index is 1570. The summed E-state index contributed by atoms with van der Waals surface area (Å²) >= 11 is 6.36. The SMILES string of the molecule is CN(Cc1cn(Cc2ccccc2Cl)nc1-c1ccccc1)C(=O)c1cc2ccccc2c(=O)[nH]1. The average Bonchev–Trinajstić information content (AvgIpc) is 3.27. The number of nitrogens with zero attached hydrogens (tertiary/aromatic N) is 3. The molecule has 0 atom stereocenters. The molecule has 0 unspecified atom stereocenters. The number of aromatic nitrogens is 3. The fraction of sp³-hybridized carbons (Fsp3) is 0.107. The quantitative estimate of drug-likeness (QED) is 0.354. The third kappa shape index (κ3) is 4.74. The van der Waals surface area contributed by atoms with Gasteiger partial charge in [-0.2, -0.15) is 5.10 Å². The molecule has 0 fully saturated rings. The molecule has 0 aliphatic rings. The first kappa shape index (κ1) is 22.6. The van der Waals surface area contributed by atoms with Crippen molar-refractivity contribution in [1.29, 1.82) is 0 Å². The molecule has 2 heterocycles. The van der Waals surface area contributed by atoms with E-state index < -0.39 is 0 Å². The number of rotatable bonds is 6. The van der Waals surface area contributed by atoms with E-state index in [1.54, 1.807) is 30.1 Å². The number of carbonyl (C=O) groups excluding carboxylic acids is 1. The maximum absolute atomic E-state index is 13.2. The number of aromatic amines is 1. The second kappa shape index (κ2) is 9.60. The summed E-state index contributed by atoms with van der Waals surface area (Å²) in [7, 11) is 1.72. The van der Waals surface area contributed by atoms with Crippen molar-refractivity contribution in [3.05, 3.63) is 123 Å². The predicted octanol–water partition coefficient (Wildman–Crippen LogP) is 5.37. The van der Waals surface area contributed by atoms with E-state index in [-0.39, 0.29) is 17.2 Å². The largest absolute Gasteiger partial charge is 0.336 e. The lowest BCUT2D eigenvalue weighted by Gasteiger charge is -2.17. The average molecular weight is 483 g/mol. The molecule has 1 N–H and O–H groups in total. The number of hydrogen-bond acceptors (Lipinski definition) is 3. The number of fused-ring (bicyclic) bond motifs is 1. The van der Waals surface area contributed by atoms with Gasteiger partial charge >= 0.3 is 0 Å². The second-order valence-corrected chi connectivity index (χ2v) is 8.83. The monoisotopic (exact) mass is 482 g/mol. The highest BCUT2D eigenvalue weighted by Crippen LogP contribution is 2.25. The molecule has 5 rings (SSSR count). The van der Waals surface area contributed by atoms with Crippen LogP contribution in [0.15, 0.2) is 95.9 Å². The summed E-state index contributed by atoms with van der Waals surface area (Å²) in [5.74, 6) is -0.272. The molecule has 3 aromatic carbocycles. The normalized spacial score (nSPS) is 11.0. The molecule has 174 valence electrons. The maximum Gasteiger partial charge on any atom is 0.270 e. The zero-order chi connectivity index (χ0) is 24.4. The molecule has 0 saturated carbocycles. The molecule has 1 amide bonds. The number of halogens is 1. The number of H-pyrrole nitrogens is 1. The van der Waals surface area contributed by atoms with Crippen LogP contribution in [-0.4, -0.2) is 32.6 Å². The molecule has 0 spiro atoms. The Labute approximate surface area is 207 Å². The highest BCUT2D eigenvalue weighted by molar-refractivity contribution is 6.31. The number of pyridine rings is 1. The molecule has 0 aliphatic carbocycles. The van der Waals surface area contributed by atoms with Crippen LogP contribution in [0.5, 0.6) is 0 Å². The van der Waals surface area contributed by atoms with Gasteiger partial charge in [0.05, 0.1) is 12.2 Å². The van der Waals surface area contributed by atoms with E-state index in [0.717, 1.165) is 27.8 Å². The van der Waals surface area contributed by atoms with E-state index in [0.29, 0.717) is 23.5 Å². The number of amides is 1. The molecule has 7 heteroatoms. The fourth-order valence-corrected chi connectivity index (χ4v) is 4.35. The molecule has 0 bridgehead atoms. The van der Waals surface area contributed by atoms with Gasteiger partial charge in [0.15, 0.2) is 0 Å². The number of carbonyl (C=O) groups is 1. The van der Waals surface area contributed by atoms with Crippen LogP contribution in [0, 0.1) is 0 Å². The standard InChI is InChI=1S/C28H23ClN4O2/c1-32(28(35)25-15-20-11-5-7-13-23(20)27(34)30-25)16-22-18-33(17-21-12-6-8-14-24(21)29)31-26(22)19-9-3-2-4-10-19/h2-15,18H,16-17H2,1H3,(H,30,34). The summed E-state index contributed by atoms with van der Waals surface area (Å²) in [4.78, 5) is 30.0. The van der Waals surface area contributed by atoms with Crippen molar-refractivity contribution in [3.8, 4) is 11.3 Å². The van der Waals surface area contributed by atoms with E-state index in [9.17, 15) is 9.59 Å². The summed E-state index contributed by atoms with van der Waals surface area (Å²) in [5, 5.41) is 6.78. The van der Waals surface area contributed by atoms with E-state index in [2.05, 4.69) is 4.98 Å². The van der Waals surface area contributed by atoms with Crippen LogP contribution in [0.3, 0.4) is 0 Å². The van der Waals surface area contributed by atoms with Gasteiger partial charge < -0.3 is 9.88 Å². The molecule has 0 saturated heterocycles. The van der Waals surface area contributed by atoms with E-state index >= 15 is 0 Å². The third-order valence-corrected chi connectivity index (χ3v) is 6.28. The van der Waals surface area contributed by atoms with Gasteiger partial charge in [0.1, 0.15) is 5.69 Å². The molecular weight excluding hydrogens is 460 g/mol. The highest BCUT2D eigenvalue weighted by atomic mass is 35.5. The van der Waals surface area contributed by atoms with Crippen LogP contribution >= 0.6 is 11.6 Å². The summed E-state index contributed by atoms with van der Waals surface area (Å²) < 4.78 is 1.84. The molecule has 0 radical (unpaired) electrons. The Kier molecular flexibility index (Phi) is 6.21. The lowest BCUT2D eigenvalue weighted by Crippen LogP contribution is -2.28. The minimum absolute atomic E-state index is 0.251. The van der Waals surface area contributed by atoms with Crippen molar-refractivity contribution >= 4 is 28.3 Å². The van der Waals surface area contributed by atoms with Crippen LogP contribution in [0.25, 0.3) is 22.0 Å². The molecule has 6 nitrogen and oxygen atoms in total. The van der Waals surface area contributed by atoms with E-state index in [1.807, 2.05) is 77.6 Å². The lowest BCUT2D eigenvalue weighted by molar-refractivity contribution is 0.0779. The number of nitrogens with one attached hydrogen (secondary N) is 1. The first-order valence-corrected chi connectivity index (χ1v) is 11.6. The second-order valence-electron chi connectivity index (χ2n) is 8.42. The minimum atomic E-state index is -0.280.